The lowest BCUT2D eigenvalue weighted by molar-refractivity contribution is 0.0184. The molecule has 0 radical (unpaired) electrons. The molecule has 2 aliphatic rings. The first-order valence-corrected chi connectivity index (χ1v) is 23.0. The Balaban J connectivity index is 0.000000203. The molecule has 8 rings (SSSR count). The second kappa shape index (κ2) is 21.2. The molecule has 2 aliphatic heterocycles. The van der Waals surface area contributed by atoms with Crippen molar-refractivity contribution < 1.29 is 27.8 Å². The van der Waals surface area contributed by atoms with Crippen molar-refractivity contribution in [3.05, 3.63) is 104 Å². The highest BCUT2D eigenvalue weighted by Crippen LogP contribution is 2.39. The third-order valence-corrected chi connectivity index (χ3v) is 12.6. The van der Waals surface area contributed by atoms with E-state index in [1.54, 1.807) is 48.0 Å². The van der Waals surface area contributed by atoms with Gasteiger partial charge in [-0.1, -0.05) is 56.8 Å². The SMILES string of the molecule is CC(Oc1cc(-c2cn(C3CCN(C(=O)OC(C)(C)C)CC3)nn2)cnc1N)c1c(Cl)ccc(F)c1Cl.CC(Oc1cc(-c2cn(C3CCNCC3)nn2)cnc1N)c1c(Cl)ccc(F)c1Cl. The van der Waals surface area contributed by atoms with Crippen LogP contribution in [0.4, 0.5) is 25.2 Å². The van der Waals surface area contributed by atoms with Crippen LogP contribution in [0.15, 0.2) is 61.2 Å². The molecule has 16 nitrogen and oxygen atoms in total. The summed E-state index contributed by atoms with van der Waals surface area (Å²) < 4.78 is 48.9. The lowest BCUT2D eigenvalue weighted by Crippen LogP contribution is -2.42. The van der Waals surface area contributed by atoms with Gasteiger partial charge in [0.15, 0.2) is 23.1 Å². The van der Waals surface area contributed by atoms with Crippen LogP contribution in [0.1, 0.15) is 95.7 Å². The first kappa shape index (κ1) is 49.4. The summed E-state index contributed by atoms with van der Waals surface area (Å²) >= 11 is 24.6. The van der Waals surface area contributed by atoms with Gasteiger partial charge in [-0.05, 0) is 110 Å². The summed E-state index contributed by atoms with van der Waals surface area (Å²) in [4.78, 5) is 22.5. The maximum atomic E-state index is 14.0. The minimum Gasteiger partial charge on any atom is -0.482 e. The molecule has 67 heavy (non-hydrogen) atoms. The molecular formula is C45H50Cl4F2N12O4. The maximum Gasteiger partial charge on any atom is 0.410 e. The number of nitrogens with one attached hydrogen (secondary N) is 1. The number of rotatable bonds is 10. The van der Waals surface area contributed by atoms with E-state index in [4.69, 9.17) is 72.1 Å². The summed E-state index contributed by atoms with van der Waals surface area (Å²) in [5.74, 6) is -0.207. The van der Waals surface area contributed by atoms with Gasteiger partial charge in [0.2, 0.25) is 0 Å². The molecule has 2 unspecified atom stereocenters. The number of benzene rings is 2. The number of aromatic nitrogens is 8. The smallest absolute Gasteiger partial charge is 0.410 e. The Bertz CT molecular complexity index is 2710. The molecule has 6 aromatic rings. The number of ether oxygens (including phenoxy) is 3. The van der Waals surface area contributed by atoms with Crippen molar-refractivity contribution in [2.75, 3.05) is 37.6 Å². The Hall–Kier alpha value is -5.53. The lowest BCUT2D eigenvalue weighted by atomic mass is 10.1. The Morgan fingerprint density at radius 2 is 1.16 bits per heavy atom. The fourth-order valence-electron chi connectivity index (χ4n) is 7.59. The van der Waals surface area contributed by atoms with E-state index in [1.165, 1.54) is 24.3 Å². The molecule has 22 heteroatoms. The summed E-state index contributed by atoms with van der Waals surface area (Å²) in [5, 5.41) is 20.9. The Kier molecular flexibility index (Phi) is 15.6. The van der Waals surface area contributed by atoms with Crippen LogP contribution < -0.4 is 26.3 Å². The number of hydrogen-bond donors (Lipinski definition) is 3. The summed E-state index contributed by atoms with van der Waals surface area (Å²) in [6.07, 6.45) is 8.73. The number of likely N-dealkylation sites (tertiary alicyclic amines) is 1. The van der Waals surface area contributed by atoms with Gasteiger partial charge in [0.05, 0.1) is 34.5 Å². The van der Waals surface area contributed by atoms with Crippen molar-refractivity contribution in [1.82, 2.24) is 50.2 Å². The number of pyridine rings is 2. The zero-order valence-electron chi connectivity index (χ0n) is 37.3. The fraction of sp³-hybridized carbons (Fsp3) is 0.400. The van der Waals surface area contributed by atoms with Gasteiger partial charge >= 0.3 is 6.09 Å². The molecule has 2 aromatic carbocycles. The molecule has 2 fully saturated rings. The van der Waals surface area contributed by atoms with E-state index < -0.39 is 29.4 Å². The minimum atomic E-state index is -0.694. The molecule has 0 bridgehead atoms. The van der Waals surface area contributed by atoms with Crippen LogP contribution >= 0.6 is 46.4 Å². The number of halogens is 6. The number of carbonyl (C=O) groups excluding carboxylic acids is 1. The third-order valence-electron chi connectivity index (χ3n) is 11.1. The monoisotopic (exact) mass is 1000 g/mol. The summed E-state index contributed by atoms with van der Waals surface area (Å²) in [6.45, 7) is 12.0. The average molecular weight is 1000 g/mol. The number of anilines is 2. The van der Waals surface area contributed by atoms with E-state index in [0.717, 1.165) is 38.8 Å². The first-order valence-electron chi connectivity index (χ1n) is 21.5. The predicted octanol–water partition coefficient (Wildman–Crippen LogP) is 10.5. The van der Waals surface area contributed by atoms with E-state index in [-0.39, 0.29) is 44.6 Å². The largest absolute Gasteiger partial charge is 0.482 e. The molecule has 5 N–H and O–H groups in total. The van der Waals surface area contributed by atoms with Crippen molar-refractivity contribution in [3.63, 3.8) is 0 Å². The van der Waals surface area contributed by atoms with Gasteiger partial charge in [0, 0.05) is 57.8 Å². The van der Waals surface area contributed by atoms with Crippen LogP contribution in [0.2, 0.25) is 20.1 Å². The zero-order valence-corrected chi connectivity index (χ0v) is 40.3. The molecular weight excluding hydrogens is 952 g/mol. The average Bonchev–Trinajstić information content (AvgIpc) is 4.00. The Labute approximate surface area is 406 Å². The highest BCUT2D eigenvalue weighted by Gasteiger charge is 2.29. The predicted molar refractivity (Wildman–Crippen MR) is 253 cm³/mol. The van der Waals surface area contributed by atoms with Crippen LogP contribution in [0.3, 0.4) is 0 Å². The van der Waals surface area contributed by atoms with Gasteiger partial charge in [-0.3, -0.25) is 0 Å². The Morgan fingerprint density at radius 1 is 0.731 bits per heavy atom. The Morgan fingerprint density at radius 3 is 1.60 bits per heavy atom. The number of nitrogens with two attached hydrogens (primary N) is 2. The topological polar surface area (TPSA) is 199 Å². The quantitative estimate of drug-likeness (QED) is 0.110. The van der Waals surface area contributed by atoms with Crippen molar-refractivity contribution >= 4 is 64.1 Å². The maximum absolute atomic E-state index is 14.0. The number of nitrogen functional groups attached to an aromatic ring is 2. The zero-order chi connectivity index (χ0) is 48.2. The molecule has 0 aliphatic carbocycles. The van der Waals surface area contributed by atoms with Gasteiger partial charge in [0.25, 0.3) is 0 Å². The highest BCUT2D eigenvalue weighted by atomic mass is 35.5. The molecule has 356 valence electrons. The molecule has 2 saturated heterocycles. The number of hydrogen-bond acceptors (Lipinski definition) is 13. The van der Waals surface area contributed by atoms with E-state index in [1.807, 2.05) is 37.8 Å². The van der Waals surface area contributed by atoms with Crippen LogP contribution in [0.25, 0.3) is 22.5 Å². The normalized spacial score (nSPS) is 15.7. The van der Waals surface area contributed by atoms with Gasteiger partial charge in [0.1, 0.15) is 40.8 Å². The number of carbonyl (C=O) groups is 1. The van der Waals surface area contributed by atoms with Crippen LogP contribution in [0, 0.1) is 11.6 Å². The summed E-state index contributed by atoms with van der Waals surface area (Å²) in [5.41, 5.74) is 14.8. The first-order chi connectivity index (χ1) is 31.9. The third kappa shape index (κ3) is 12.0. The second-order valence-corrected chi connectivity index (χ2v) is 18.7. The van der Waals surface area contributed by atoms with Crippen molar-refractivity contribution in [3.8, 4) is 34.0 Å². The molecule has 0 saturated carbocycles. The van der Waals surface area contributed by atoms with E-state index in [2.05, 4.69) is 35.9 Å². The standard InChI is InChI=1S/C25H29Cl2FN6O3.C20H21Cl2FN6O/c1-14(21-17(26)5-6-18(28)22(21)27)36-20-11-15(12-30-23(20)29)19-13-34(32-31-19)16-7-9-33(10-8-16)24(35)37-25(2,3)4;1-11(18-14(21)2-3-15(23)19(18)22)30-17-8-12(9-26-20(17)24)16-10-29(28-27-16)13-4-6-25-7-5-13/h5-6,11-14,16H,7-10H2,1-4H3,(H2,29,30);2-3,8-11,13,25H,4-7H2,1H3,(H2,24,26). The van der Waals surface area contributed by atoms with Crippen LogP contribution in [-0.2, 0) is 4.74 Å². The minimum absolute atomic E-state index is 0.0809. The highest BCUT2D eigenvalue weighted by molar-refractivity contribution is 6.36. The molecule has 2 atom stereocenters. The van der Waals surface area contributed by atoms with Crippen molar-refractivity contribution in [1.29, 1.82) is 0 Å². The van der Waals surface area contributed by atoms with Crippen LogP contribution in [-0.4, -0.2) is 82.7 Å². The molecule has 6 heterocycles. The van der Waals surface area contributed by atoms with Crippen molar-refractivity contribution in [2.24, 2.45) is 0 Å². The molecule has 4 aromatic heterocycles. The summed E-state index contributed by atoms with van der Waals surface area (Å²) in [7, 11) is 0. The van der Waals surface area contributed by atoms with Gasteiger partial charge in [-0.25, -0.2) is 32.9 Å². The van der Waals surface area contributed by atoms with Crippen molar-refractivity contribution in [2.45, 2.75) is 90.2 Å². The summed E-state index contributed by atoms with van der Waals surface area (Å²) in [6, 6.07) is 9.11. The number of amides is 1. The molecule has 0 spiro atoms. The van der Waals surface area contributed by atoms with Gasteiger partial charge in [-0.2, -0.15) is 0 Å². The van der Waals surface area contributed by atoms with Gasteiger partial charge in [-0.15, -0.1) is 10.2 Å². The van der Waals surface area contributed by atoms with E-state index in [9.17, 15) is 13.6 Å². The second-order valence-electron chi connectivity index (χ2n) is 17.1. The van der Waals surface area contributed by atoms with Crippen LogP contribution in [0.5, 0.6) is 11.5 Å². The number of piperidine rings is 2. The van der Waals surface area contributed by atoms with E-state index in [0.29, 0.717) is 63.5 Å². The van der Waals surface area contributed by atoms with E-state index >= 15 is 0 Å². The van der Waals surface area contributed by atoms with Gasteiger partial charge < -0.3 is 35.9 Å². The number of nitrogens with zero attached hydrogens (tertiary/aromatic N) is 9. The fourth-order valence-corrected chi connectivity index (χ4v) is 8.95. The lowest BCUT2D eigenvalue weighted by Gasteiger charge is -2.33. The molecule has 1 amide bonds.